The van der Waals surface area contributed by atoms with E-state index >= 15 is 0 Å². The van der Waals surface area contributed by atoms with Crippen LogP contribution in [0, 0.1) is 5.41 Å². The predicted molar refractivity (Wildman–Crippen MR) is 121 cm³/mol. The van der Waals surface area contributed by atoms with Crippen molar-refractivity contribution in [3.8, 4) is 0 Å². The Morgan fingerprint density at radius 2 is 1.96 bits per heavy atom. The molecular formula is C21H34IN3O2. The van der Waals surface area contributed by atoms with E-state index in [4.69, 9.17) is 9.73 Å². The molecule has 2 fully saturated rings. The SMILES string of the molecule is CCNC(=NCC1(CCO)CCOC1)NCC1(c2ccccc2)CCC1.I. The third kappa shape index (κ3) is 5.57. The van der Waals surface area contributed by atoms with Gasteiger partial charge in [0.1, 0.15) is 0 Å². The number of ether oxygens (including phenoxy) is 1. The van der Waals surface area contributed by atoms with Crippen LogP contribution in [-0.4, -0.2) is 50.5 Å². The normalized spacial score (nSPS) is 24.0. The van der Waals surface area contributed by atoms with Gasteiger partial charge in [-0.15, -0.1) is 24.0 Å². The van der Waals surface area contributed by atoms with Crippen LogP contribution in [0.4, 0.5) is 0 Å². The second-order valence-electron chi connectivity index (χ2n) is 7.82. The predicted octanol–water partition coefficient (Wildman–Crippen LogP) is 3.07. The molecule has 1 aromatic rings. The van der Waals surface area contributed by atoms with Crippen LogP contribution in [0.5, 0.6) is 0 Å². The Kier molecular flexibility index (Phi) is 8.82. The van der Waals surface area contributed by atoms with Crippen LogP contribution >= 0.6 is 24.0 Å². The number of aliphatic imine (C=N–C) groups is 1. The highest BCUT2D eigenvalue weighted by atomic mass is 127. The van der Waals surface area contributed by atoms with E-state index in [0.717, 1.165) is 38.5 Å². The molecule has 0 radical (unpaired) electrons. The molecule has 0 aromatic heterocycles. The summed E-state index contributed by atoms with van der Waals surface area (Å²) in [5.41, 5.74) is 1.65. The van der Waals surface area contributed by atoms with E-state index in [2.05, 4.69) is 47.9 Å². The van der Waals surface area contributed by atoms with Gasteiger partial charge in [-0.05, 0) is 38.2 Å². The summed E-state index contributed by atoms with van der Waals surface area (Å²) in [4.78, 5) is 4.84. The number of hydrogen-bond acceptors (Lipinski definition) is 3. The molecule has 3 rings (SSSR count). The average molecular weight is 487 g/mol. The van der Waals surface area contributed by atoms with E-state index in [1.807, 2.05) is 0 Å². The van der Waals surface area contributed by atoms with E-state index in [1.54, 1.807) is 0 Å². The average Bonchev–Trinajstić information content (AvgIpc) is 3.09. The molecule has 1 saturated heterocycles. The fraction of sp³-hybridized carbons (Fsp3) is 0.667. The first kappa shape index (κ1) is 22.4. The molecular weight excluding hydrogens is 453 g/mol. The first-order valence-corrected chi connectivity index (χ1v) is 9.98. The monoisotopic (exact) mass is 487 g/mol. The number of rotatable bonds is 8. The first-order valence-electron chi connectivity index (χ1n) is 9.98. The second kappa shape index (κ2) is 10.6. The highest BCUT2D eigenvalue weighted by molar-refractivity contribution is 14.0. The topological polar surface area (TPSA) is 65.9 Å². The lowest BCUT2D eigenvalue weighted by Gasteiger charge is -2.43. The molecule has 0 spiro atoms. The van der Waals surface area contributed by atoms with E-state index in [9.17, 15) is 5.11 Å². The fourth-order valence-corrected chi connectivity index (χ4v) is 4.09. The van der Waals surface area contributed by atoms with Crippen molar-refractivity contribution in [2.24, 2.45) is 10.4 Å². The molecule has 2 aliphatic rings. The van der Waals surface area contributed by atoms with Crippen LogP contribution in [0.3, 0.4) is 0 Å². The molecule has 1 aliphatic heterocycles. The Balaban J connectivity index is 0.00000261. The number of aliphatic hydroxyl groups is 1. The van der Waals surface area contributed by atoms with Crippen molar-refractivity contribution in [2.75, 3.05) is 39.5 Å². The van der Waals surface area contributed by atoms with Gasteiger partial charge in [-0.3, -0.25) is 4.99 Å². The minimum absolute atomic E-state index is 0. The van der Waals surface area contributed by atoms with E-state index < -0.39 is 0 Å². The van der Waals surface area contributed by atoms with Gasteiger partial charge in [-0.2, -0.15) is 0 Å². The molecule has 5 nitrogen and oxygen atoms in total. The third-order valence-electron chi connectivity index (χ3n) is 6.03. The minimum atomic E-state index is -0.00924. The van der Waals surface area contributed by atoms with Gasteiger partial charge in [0, 0.05) is 37.1 Å². The smallest absolute Gasteiger partial charge is 0.191 e. The van der Waals surface area contributed by atoms with E-state index in [0.29, 0.717) is 13.2 Å². The number of nitrogens with one attached hydrogen (secondary N) is 2. The quantitative estimate of drug-likeness (QED) is 0.300. The van der Waals surface area contributed by atoms with Crippen LogP contribution in [0.25, 0.3) is 0 Å². The summed E-state index contributed by atoms with van der Waals surface area (Å²) in [6.45, 7) is 6.21. The molecule has 1 saturated carbocycles. The Bertz CT molecular complexity index is 584. The van der Waals surface area contributed by atoms with Crippen LogP contribution in [0.15, 0.2) is 35.3 Å². The zero-order chi connectivity index (χ0) is 18.3. The summed E-state index contributed by atoms with van der Waals surface area (Å²) in [7, 11) is 0. The van der Waals surface area contributed by atoms with Crippen molar-refractivity contribution in [1.82, 2.24) is 10.6 Å². The molecule has 1 unspecified atom stereocenters. The van der Waals surface area contributed by atoms with Crippen molar-refractivity contribution in [1.29, 1.82) is 0 Å². The molecule has 0 bridgehead atoms. The fourth-order valence-electron chi connectivity index (χ4n) is 4.09. The van der Waals surface area contributed by atoms with Crippen molar-refractivity contribution < 1.29 is 9.84 Å². The highest BCUT2D eigenvalue weighted by Gasteiger charge is 2.39. The lowest BCUT2D eigenvalue weighted by molar-refractivity contribution is 0.131. The molecule has 152 valence electrons. The molecule has 27 heavy (non-hydrogen) atoms. The molecule has 6 heteroatoms. The number of halogens is 1. The maximum Gasteiger partial charge on any atom is 0.191 e. The summed E-state index contributed by atoms with van der Waals surface area (Å²) in [6.07, 6.45) is 5.48. The van der Waals surface area contributed by atoms with Gasteiger partial charge in [0.2, 0.25) is 0 Å². The third-order valence-corrected chi connectivity index (χ3v) is 6.03. The van der Waals surface area contributed by atoms with Crippen molar-refractivity contribution in [2.45, 2.75) is 44.4 Å². The molecule has 3 N–H and O–H groups in total. The summed E-state index contributed by atoms with van der Waals surface area (Å²) in [6, 6.07) is 10.8. The number of aliphatic hydroxyl groups excluding tert-OH is 1. The van der Waals surface area contributed by atoms with Gasteiger partial charge < -0.3 is 20.5 Å². The van der Waals surface area contributed by atoms with Crippen LogP contribution in [0.2, 0.25) is 0 Å². The van der Waals surface area contributed by atoms with Gasteiger partial charge in [0.25, 0.3) is 0 Å². The van der Waals surface area contributed by atoms with Gasteiger partial charge in [0.05, 0.1) is 13.2 Å². The lowest BCUT2D eigenvalue weighted by Crippen LogP contribution is -2.49. The Morgan fingerprint density at radius 3 is 2.52 bits per heavy atom. The molecule has 1 aliphatic carbocycles. The van der Waals surface area contributed by atoms with Gasteiger partial charge in [0.15, 0.2) is 5.96 Å². The highest BCUT2D eigenvalue weighted by Crippen LogP contribution is 2.43. The summed E-state index contributed by atoms with van der Waals surface area (Å²) >= 11 is 0. The zero-order valence-electron chi connectivity index (χ0n) is 16.4. The van der Waals surface area contributed by atoms with E-state index in [-0.39, 0.29) is 41.4 Å². The molecule has 1 heterocycles. The van der Waals surface area contributed by atoms with Gasteiger partial charge in [-0.25, -0.2) is 0 Å². The summed E-state index contributed by atoms with van der Waals surface area (Å²) in [5.74, 6) is 0.874. The van der Waals surface area contributed by atoms with E-state index in [1.165, 1.54) is 24.8 Å². The number of hydrogen-bond donors (Lipinski definition) is 3. The van der Waals surface area contributed by atoms with Gasteiger partial charge in [-0.1, -0.05) is 36.8 Å². The summed E-state index contributed by atoms with van der Waals surface area (Å²) < 4.78 is 5.58. The Hall–Kier alpha value is -0.860. The molecule has 1 aromatic carbocycles. The summed E-state index contributed by atoms with van der Waals surface area (Å²) in [5, 5.41) is 16.4. The van der Waals surface area contributed by atoms with Crippen LogP contribution in [-0.2, 0) is 10.2 Å². The van der Waals surface area contributed by atoms with Crippen molar-refractivity contribution in [3.63, 3.8) is 0 Å². The second-order valence-corrected chi connectivity index (χ2v) is 7.82. The van der Waals surface area contributed by atoms with Crippen LogP contribution in [0.1, 0.15) is 44.6 Å². The lowest BCUT2D eigenvalue weighted by atomic mass is 9.64. The minimum Gasteiger partial charge on any atom is -0.396 e. The van der Waals surface area contributed by atoms with Crippen molar-refractivity contribution >= 4 is 29.9 Å². The Morgan fingerprint density at radius 1 is 1.19 bits per heavy atom. The Labute approximate surface area is 180 Å². The zero-order valence-corrected chi connectivity index (χ0v) is 18.7. The largest absolute Gasteiger partial charge is 0.396 e. The standard InChI is InChI=1S/C21H33N3O2.HI/c1-2-22-19(23-15-20(11-13-25)12-14-26-17-20)24-16-21(9-6-10-21)18-7-4-3-5-8-18;/h3-5,7-8,25H,2,6,9-17H2,1H3,(H2,22,23,24);1H. The number of guanidine groups is 1. The number of nitrogens with zero attached hydrogens (tertiary/aromatic N) is 1. The number of benzene rings is 1. The van der Waals surface area contributed by atoms with Crippen molar-refractivity contribution in [3.05, 3.63) is 35.9 Å². The van der Waals surface area contributed by atoms with Gasteiger partial charge >= 0.3 is 0 Å². The maximum atomic E-state index is 9.40. The molecule has 1 atom stereocenters. The van der Waals surface area contributed by atoms with Crippen LogP contribution < -0.4 is 10.6 Å². The maximum absolute atomic E-state index is 9.40. The molecule has 0 amide bonds. The first-order chi connectivity index (χ1) is 12.7.